The third-order valence-electron chi connectivity index (χ3n) is 1.11. The molecule has 0 aliphatic carbocycles. The molecule has 0 bridgehead atoms. The molecule has 64 valence electrons. The largest absolute Gasteiger partial charge is 0.450 e. The average Bonchev–Trinajstić information content (AvgIpc) is 2.03. The van der Waals surface area contributed by atoms with E-state index in [2.05, 4.69) is 25.5 Å². The van der Waals surface area contributed by atoms with Crippen LogP contribution in [-0.2, 0) is 9.53 Å². The van der Waals surface area contributed by atoms with Gasteiger partial charge in [0, 0.05) is 11.6 Å². The molecule has 0 amide bonds. The molecule has 0 rings (SSSR count). The van der Waals surface area contributed by atoms with E-state index in [9.17, 15) is 4.79 Å². The van der Waals surface area contributed by atoms with E-state index < -0.39 is 12.1 Å². The SMILES string of the molecule is C=C=CC(C=C)OC(=O)C(=C)C. The summed E-state index contributed by atoms with van der Waals surface area (Å²) in [5.74, 6) is -0.439. The average molecular weight is 164 g/mol. The molecule has 0 fully saturated rings. The number of hydrogen-bond acceptors (Lipinski definition) is 2. The third kappa shape index (κ3) is 3.59. The smallest absolute Gasteiger partial charge is 0.334 e. The van der Waals surface area contributed by atoms with Crippen LogP contribution in [0.4, 0.5) is 0 Å². The summed E-state index contributed by atoms with van der Waals surface area (Å²) in [6, 6.07) is 0. The highest BCUT2D eigenvalue weighted by molar-refractivity contribution is 5.87. The second kappa shape index (κ2) is 5.16. The molecular weight excluding hydrogens is 152 g/mol. The summed E-state index contributed by atoms with van der Waals surface area (Å²) in [6.07, 6.45) is 2.53. The summed E-state index contributed by atoms with van der Waals surface area (Å²) >= 11 is 0. The van der Waals surface area contributed by atoms with Crippen molar-refractivity contribution < 1.29 is 9.53 Å². The van der Waals surface area contributed by atoms with Crippen molar-refractivity contribution in [1.82, 2.24) is 0 Å². The van der Waals surface area contributed by atoms with E-state index in [4.69, 9.17) is 4.74 Å². The molecule has 0 aromatic rings. The lowest BCUT2D eigenvalue weighted by Gasteiger charge is -2.07. The van der Waals surface area contributed by atoms with Crippen LogP contribution in [0.25, 0.3) is 0 Å². The van der Waals surface area contributed by atoms with Crippen molar-refractivity contribution in [2.24, 2.45) is 0 Å². The summed E-state index contributed by atoms with van der Waals surface area (Å²) in [5, 5.41) is 0. The highest BCUT2D eigenvalue weighted by Gasteiger charge is 2.07. The van der Waals surface area contributed by atoms with Gasteiger partial charge < -0.3 is 4.74 Å². The molecule has 2 heteroatoms. The van der Waals surface area contributed by atoms with Crippen molar-refractivity contribution >= 4 is 5.97 Å². The van der Waals surface area contributed by atoms with Gasteiger partial charge in [-0.3, -0.25) is 0 Å². The van der Waals surface area contributed by atoms with Crippen LogP contribution in [0.5, 0.6) is 0 Å². The van der Waals surface area contributed by atoms with Gasteiger partial charge >= 0.3 is 5.97 Å². The van der Waals surface area contributed by atoms with E-state index in [1.165, 1.54) is 12.2 Å². The van der Waals surface area contributed by atoms with E-state index in [0.29, 0.717) is 5.57 Å². The number of hydrogen-bond donors (Lipinski definition) is 0. The lowest BCUT2D eigenvalue weighted by atomic mass is 10.3. The highest BCUT2D eigenvalue weighted by Crippen LogP contribution is 2.00. The lowest BCUT2D eigenvalue weighted by molar-refractivity contribution is -0.140. The summed E-state index contributed by atoms with van der Waals surface area (Å²) in [6.45, 7) is 11.9. The molecule has 0 saturated carbocycles. The quantitative estimate of drug-likeness (QED) is 0.275. The molecule has 1 atom stereocenters. The number of ether oxygens (including phenoxy) is 1. The number of carbonyl (C=O) groups excluding carboxylic acids is 1. The van der Waals surface area contributed by atoms with E-state index in [-0.39, 0.29) is 0 Å². The number of rotatable bonds is 4. The number of esters is 1. The van der Waals surface area contributed by atoms with Crippen LogP contribution in [0.3, 0.4) is 0 Å². The minimum Gasteiger partial charge on any atom is -0.450 e. The van der Waals surface area contributed by atoms with Gasteiger partial charge in [0.2, 0.25) is 0 Å². The topological polar surface area (TPSA) is 26.3 Å². The van der Waals surface area contributed by atoms with Crippen molar-refractivity contribution in [3.05, 3.63) is 43.2 Å². The van der Waals surface area contributed by atoms with Gasteiger partial charge in [0.1, 0.15) is 6.10 Å². The Kier molecular flexibility index (Phi) is 4.51. The second-order valence-electron chi connectivity index (χ2n) is 2.26. The van der Waals surface area contributed by atoms with Crippen molar-refractivity contribution in [3.63, 3.8) is 0 Å². The first kappa shape index (κ1) is 10.5. The Morgan fingerprint density at radius 3 is 2.58 bits per heavy atom. The molecule has 0 radical (unpaired) electrons. The maximum Gasteiger partial charge on any atom is 0.334 e. The van der Waals surface area contributed by atoms with Crippen molar-refractivity contribution in [3.8, 4) is 0 Å². The molecule has 0 heterocycles. The monoisotopic (exact) mass is 164 g/mol. The molecular formula is C10H12O2. The van der Waals surface area contributed by atoms with Crippen LogP contribution in [0.1, 0.15) is 6.92 Å². The van der Waals surface area contributed by atoms with Gasteiger partial charge in [0.15, 0.2) is 0 Å². The zero-order chi connectivity index (χ0) is 9.56. The van der Waals surface area contributed by atoms with Crippen LogP contribution in [0, 0.1) is 0 Å². The lowest BCUT2D eigenvalue weighted by Crippen LogP contribution is -2.13. The summed E-state index contributed by atoms with van der Waals surface area (Å²) in [5.41, 5.74) is 2.87. The Morgan fingerprint density at radius 1 is 1.67 bits per heavy atom. The maximum atomic E-state index is 10.9. The Morgan fingerprint density at radius 2 is 2.25 bits per heavy atom. The van der Waals surface area contributed by atoms with Gasteiger partial charge in [-0.25, -0.2) is 4.79 Å². The predicted molar refractivity (Wildman–Crippen MR) is 48.6 cm³/mol. The summed E-state index contributed by atoms with van der Waals surface area (Å²) in [4.78, 5) is 10.9. The molecule has 0 N–H and O–H groups in total. The van der Waals surface area contributed by atoms with Crippen molar-refractivity contribution in [2.45, 2.75) is 13.0 Å². The number of carbonyl (C=O) groups is 1. The first-order valence-corrected chi connectivity index (χ1v) is 3.46. The summed E-state index contributed by atoms with van der Waals surface area (Å²) in [7, 11) is 0. The van der Waals surface area contributed by atoms with Gasteiger partial charge in [-0.05, 0) is 13.0 Å². The molecule has 0 aliphatic heterocycles. The minimum absolute atomic E-state index is 0.360. The highest BCUT2D eigenvalue weighted by atomic mass is 16.5. The van der Waals surface area contributed by atoms with E-state index in [1.807, 2.05) is 0 Å². The normalized spacial score (nSPS) is 10.8. The molecule has 0 aliphatic rings. The zero-order valence-corrected chi connectivity index (χ0v) is 7.17. The van der Waals surface area contributed by atoms with E-state index in [1.54, 1.807) is 6.92 Å². The van der Waals surface area contributed by atoms with Gasteiger partial charge in [-0.15, -0.1) is 5.73 Å². The summed E-state index contributed by atoms with van der Waals surface area (Å²) < 4.78 is 4.89. The Labute approximate surface area is 72.5 Å². The van der Waals surface area contributed by atoms with E-state index >= 15 is 0 Å². The fourth-order valence-corrected chi connectivity index (χ4v) is 0.491. The predicted octanol–water partition coefficient (Wildman–Crippen LogP) is 2.00. The Balaban J connectivity index is 4.20. The van der Waals surface area contributed by atoms with Gasteiger partial charge in [0.05, 0.1) is 0 Å². The molecule has 12 heavy (non-hydrogen) atoms. The van der Waals surface area contributed by atoms with Crippen LogP contribution in [0.2, 0.25) is 0 Å². The second-order valence-corrected chi connectivity index (χ2v) is 2.26. The fourth-order valence-electron chi connectivity index (χ4n) is 0.491. The van der Waals surface area contributed by atoms with Crippen molar-refractivity contribution in [2.75, 3.05) is 0 Å². The fraction of sp³-hybridized carbons (Fsp3) is 0.200. The molecule has 2 nitrogen and oxygen atoms in total. The molecule has 0 aromatic carbocycles. The minimum atomic E-state index is -0.466. The van der Waals surface area contributed by atoms with Gasteiger partial charge in [-0.2, -0.15) is 0 Å². The van der Waals surface area contributed by atoms with Crippen LogP contribution >= 0.6 is 0 Å². The Bertz CT molecular complexity index is 245. The van der Waals surface area contributed by atoms with Crippen molar-refractivity contribution in [1.29, 1.82) is 0 Å². The molecule has 1 unspecified atom stereocenters. The Hall–Kier alpha value is -1.53. The molecule has 0 spiro atoms. The van der Waals surface area contributed by atoms with Gasteiger partial charge in [0.25, 0.3) is 0 Å². The molecule has 0 aromatic heterocycles. The molecule has 0 saturated heterocycles. The first-order valence-electron chi connectivity index (χ1n) is 3.46. The zero-order valence-electron chi connectivity index (χ0n) is 7.17. The van der Waals surface area contributed by atoms with E-state index in [0.717, 1.165) is 0 Å². The standard InChI is InChI=1S/C10H12O2/c1-5-7-9(6-2)12-10(11)8(3)4/h6-7,9H,1-3H2,4H3. The van der Waals surface area contributed by atoms with Crippen LogP contribution in [0.15, 0.2) is 43.2 Å². The van der Waals surface area contributed by atoms with Crippen LogP contribution in [-0.4, -0.2) is 12.1 Å². The third-order valence-corrected chi connectivity index (χ3v) is 1.11. The first-order chi connectivity index (χ1) is 5.61. The maximum absolute atomic E-state index is 10.9. The van der Waals surface area contributed by atoms with Crippen LogP contribution < -0.4 is 0 Å². The van der Waals surface area contributed by atoms with Gasteiger partial charge in [-0.1, -0.05) is 19.7 Å².